The third-order valence-corrected chi connectivity index (χ3v) is 4.62. The Morgan fingerprint density at radius 3 is 3.12 bits per heavy atom. The van der Waals surface area contributed by atoms with Gasteiger partial charge in [0.2, 0.25) is 0 Å². The lowest BCUT2D eigenvalue weighted by molar-refractivity contribution is 0.178. The van der Waals surface area contributed by atoms with Crippen LogP contribution in [0.2, 0.25) is 0 Å². The Kier molecular flexibility index (Phi) is 6.62. The summed E-state index contributed by atoms with van der Waals surface area (Å²) in [6.45, 7) is 4.71. The fourth-order valence-electron chi connectivity index (χ4n) is 3.28. The molecule has 26 heavy (non-hydrogen) atoms. The normalized spacial score (nSPS) is 17.3. The number of likely N-dealkylation sites (tertiary alicyclic amines) is 1. The molecule has 0 saturated carbocycles. The average molecular weight is 357 g/mol. The third kappa shape index (κ3) is 5.31. The molecule has 1 saturated heterocycles. The minimum absolute atomic E-state index is 0.166. The molecule has 140 valence electrons. The Morgan fingerprint density at radius 2 is 2.31 bits per heavy atom. The fourth-order valence-corrected chi connectivity index (χ4v) is 3.28. The zero-order valence-electron chi connectivity index (χ0n) is 15.2. The van der Waals surface area contributed by atoms with Crippen LogP contribution >= 0.6 is 0 Å². The summed E-state index contributed by atoms with van der Waals surface area (Å²) in [6, 6.07) is 9.33. The van der Waals surface area contributed by atoms with Gasteiger partial charge >= 0.3 is 6.03 Å². The molecule has 2 amide bonds. The first-order chi connectivity index (χ1) is 12.7. The Balaban J connectivity index is 1.42. The van der Waals surface area contributed by atoms with E-state index in [0.717, 1.165) is 50.5 Å². The van der Waals surface area contributed by atoms with E-state index in [1.807, 2.05) is 36.5 Å². The molecule has 3 rings (SSSR count). The molecule has 2 aromatic rings. The highest BCUT2D eigenvalue weighted by atomic mass is 16.5. The lowest BCUT2D eigenvalue weighted by Gasteiger charge is -2.16. The van der Waals surface area contributed by atoms with Crippen molar-refractivity contribution in [1.82, 2.24) is 20.0 Å². The van der Waals surface area contributed by atoms with Crippen LogP contribution in [0.25, 0.3) is 5.69 Å². The van der Waals surface area contributed by atoms with E-state index < -0.39 is 0 Å². The van der Waals surface area contributed by atoms with Gasteiger partial charge in [0.25, 0.3) is 0 Å². The summed E-state index contributed by atoms with van der Waals surface area (Å²) in [6.07, 6.45) is 5.79. The van der Waals surface area contributed by atoms with Crippen LogP contribution in [-0.2, 0) is 4.74 Å². The Labute approximate surface area is 154 Å². The van der Waals surface area contributed by atoms with Crippen LogP contribution in [0.15, 0.2) is 42.7 Å². The average Bonchev–Trinajstić information content (AvgIpc) is 3.33. The number of nitrogens with zero attached hydrogens (tertiary/aromatic N) is 3. The van der Waals surface area contributed by atoms with E-state index in [4.69, 9.17) is 4.74 Å². The Bertz CT molecular complexity index is 689. The number of benzene rings is 1. The second-order valence-corrected chi connectivity index (χ2v) is 6.64. The highest BCUT2D eigenvalue weighted by Gasteiger charge is 2.22. The predicted molar refractivity (Wildman–Crippen MR) is 102 cm³/mol. The van der Waals surface area contributed by atoms with Gasteiger partial charge in [-0.3, -0.25) is 0 Å². The number of carbonyl (C=O) groups is 1. The lowest BCUT2D eigenvalue weighted by atomic mass is 10.1. The number of urea groups is 1. The van der Waals surface area contributed by atoms with Crippen LogP contribution in [0.1, 0.15) is 12.8 Å². The van der Waals surface area contributed by atoms with E-state index in [2.05, 4.69) is 20.6 Å². The van der Waals surface area contributed by atoms with E-state index in [1.54, 1.807) is 18.0 Å². The summed E-state index contributed by atoms with van der Waals surface area (Å²) < 4.78 is 6.86. The molecule has 1 aromatic carbocycles. The van der Waals surface area contributed by atoms with Crippen molar-refractivity contribution < 1.29 is 9.53 Å². The largest absolute Gasteiger partial charge is 0.385 e. The monoisotopic (exact) mass is 357 g/mol. The number of rotatable bonds is 8. The van der Waals surface area contributed by atoms with E-state index in [0.29, 0.717) is 12.5 Å². The summed E-state index contributed by atoms with van der Waals surface area (Å²) in [5.74, 6) is 0.513. The number of anilines is 1. The Hall–Kier alpha value is -2.38. The number of hydrogen-bond donors (Lipinski definition) is 2. The van der Waals surface area contributed by atoms with Gasteiger partial charge in [0, 0.05) is 51.4 Å². The number of methoxy groups -OCH3 is 1. The number of nitrogens with one attached hydrogen (secondary N) is 2. The molecule has 1 aromatic heterocycles. The summed E-state index contributed by atoms with van der Waals surface area (Å²) in [5, 5.41) is 10.1. The topological polar surface area (TPSA) is 71.4 Å². The minimum atomic E-state index is -0.166. The zero-order chi connectivity index (χ0) is 18.2. The van der Waals surface area contributed by atoms with Gasteiger partial charge in [-0.2, -0.15) is 5.10 Å². The number of amides is 2. The molecule has 0 bridgehead atoms. The minimum Gasteiger partial charge on any atom is -0.385 e. The zero-order valence-corrected chi connectivity index (χ0v) is 15.2. The van der Waals surface area contributed by atoms with Gasteiger partial charge in [0.1, 0.15) is 0 Å². The molecule has 1 fully saturated rings. The maximum Gasteiger partial charge on any atom is 0.319 e. The lowest BCUT2D eigenvalue weighted by Crippen LogP contribution is -2.34. The predicted octanol–water partition coefficient (Wildman–Crippen LogP) is 2.35. The first kappa shape index (κ1) is 18.4. The molecule has 0 unspecified atom stereocenters. The second kappa shape index (κ2) is 9.35. The van der Waals surface area contributed by atoms with Crippen LogP contribution in [0.5, 0.6) is 0 Å². The number of aromatic nitrogens is 2. The van der Waals surface area contributed by atoms with Crippen molar-refractivity contribution in [3.8, 4) is 5.69 Å². The summed E-state index contributed by atoms with van der Waals surface area (Å²) >= 11 is 0. The van der Waals surface area contributed by atoms with E-state index in [-0.39, 0.29) is 6.03 Å². The SMILES string of the molecule is COCCCN1CC[C@@H](CNC(=O)Nc2cccc(-n3cccn3)c2)C1. The molecular weight excluding hydrogens is 330 g/mol. The molecule has 1 aliphatic heterocycles. The van der Waals surface area contributed by atoms with Gasteiger partial charge in [-0.25, -0.2) is 9.48 Å². The maximum atomic E-state index is 12.2. The molecule has 0 aliphatic carbocycles. The molecule has 1 atom stereocenters. The fraction of sp³-hybridized carbons (Fsp3) is 0.474. The number of hydrogen-bond acceptors (Lipinski definition) is 4. The highest BCUT2D eigenvalue weighted by Crippen LogP contribution is 2.16. The van der Waals surface area contributed by atoms with Crippen molar-refractivity contribution in [2.24, 2.45) is 5.92 Å². The molecule has 2 N–H and O–H groups in total. The van der Waals surface area contributed by atoms with Crippen LogP contribution in [-0.4, -0.2) is 60.6 Å². The summed E-state index contributed by atoms with van der Waals surface area (Å²) in [7, 11) is 1.74. The standard InChI is InChI=1S/C19H27N5O2/c1-26-12-4-9-23-11-7-16(15-23)14-20-19(25)22-17-5-2-6-18(13-17)24-10-3-8-21-24/h2-3,5-6,8,10,13,16H,4,7,9,11-12,14-15H2,1H3,(H2,20,22,25)/t16-/m0/s1. The quantitative estimate of drug-likeness (QED) is 0.712. The number of ether oxygens (including phenoxy) is 1. The third-order valence-electron chi connectivity index (χ3n) is 4.62. The van der Waals surface area contributed by atoms with Crippen molar-refractivity contribution >= 4 is 11.7 Å². The van der Waals surface area contributed by atoms with Gasteiger partial charge in [-0.1, -0.05) is 6.07 Å². The van der Waals surface area contributed by atoms with Crippen molar-refractivity contribution in [2.45, 2.75) is 12.8 Å². The molecule has 7 nitrogen and oxygen atoms in total. The van der Waals surface area contributed by atoms with Gasteiger partial charge in [-0.05, 0) is 49.6 Å². The Morgan fingerprint density at radius 1 is 1.38 bits per heavy atom. The van der Waals surface area contributed by atoms with Crippen molar-refractivity contribution in [2.75, 3.05) is 45.2 Å². The first-order valence-electron chi connectivity index (χ1n) is 9.11. The summed E-state index contributed by atoms with van der Waals surface area (Å²) in [4.78, 5) is 14.6. The van der Waals surface area contributed by atoms with E-state index in [9.17, 15) is 4.79 Å². The first-order valence-corrected chi connectivity index (χ1v) is 9.11. The van der Waals surface area contributed by atoms with Gasteiger partial charge in [0.05, 0.1) is 5.69 Å². The molecule has 0 radical (unpaired) electrons. The van der Waals surface area contributed by atoms with Crippen LogP contribution in [0, 0.1) is 5.92 Å². The van der Waals surface area contributed by atoms with Crippen molar-refractivity contribution in [3.05, 3.63) is 42.7 Å². The van der Waals surface area contributed by atoms with Crippen LogP contribution in [0.3, 0.4) is 0 Å². The molecule has 1 aliphatic rings. The van der Waals surface area contributed by atoms with Crippen LogP contribution < -0.4 is 10.6 Å². The van der Waals surface area contributed by atoms with Crippen LogP contribution in [0.4, 0.5) is 10.5 Å². The molecule has 2 heterocycles. The van der Waals surface area contributed by atoms with Gasteiger partial charge in [-0.15, -0.1) is 0 Å². The summed E-state index contributed by atoms with van der Waals surface area (Å²) in [5.41, 5.74) is 1.67. The van der Waals surface area contributed by atoms with Gasteiger partial charge in [0.15, 0.2) is 0 Å². The molecular formula is C19H27N5O2. The maximum absolute atomic E-state index is 12.2. The highest BCUT2D eigenvalue weighted by molar-refractivity contribution is 5.89. The molecule has 7 heteroatoms. The van der Waals surface area contributed by atoms with Gasteiger partial charge < -0.3 is 20.3 Å². The molecule has 0 spiro atoms. The van der Waals surface area contributed by atoms with Crippen molar-refractivity contribution in [3.63, 3.8) is 0 Å². The second-order valence-electron chi connectivity index (χ2n) is 6.64. The van der Waals surface area contributed by atoms with E-state index in [1.165, 1.54) is 0 Å². The smallest absolute Gasteiger partial charge is 0.319 e. The van der Waals surface area contributed by atoms with Crippen molar-refractivity contribution in [1.29, 1.82) is 0 Å². The number of carbonyl (C=O) groups excluding carboxylic acids is 1. The van der Waals surface area contributed by atoms with E-state index >= 15 is 0 Å².